The van der Waals surface area contributed by atoms with E-state index in [0.717, 1.165) is 28.4 Å². The zero-order valence-corrected chi connectivity index (χ0v) is 12.9. The lowest BCUT2D eigenvalue weighted by atomic mass is 10.1. The third-order valence-electron chi connectivity index (χ3n) is 2.93. The first kappa shape index (κ1) is 14.4. The molecule has 0 fully saturated rings. The van der Waals surface area contributed by atoms with Gasteiger partial charge < -0.3 is 4.90 Å². The molecule has 0 atom stereocenters. The van der Waals surface area contributed by atoms with E-state index in [4.69, 9.17) is 11.6 Å². The summed E-state index contributed by atoms with van der Waals surface area (Å²) < 4.78 is 13.2. The van der Waals surface area contributed by atoms with Gasteiger partial charge >= 0.3 is 0 Å². The van der Waals surface area contributed by atoms with E-state index in [2.05, 4.69) is 20.8 Å². The first-order valence-corrected chi connectivity index (χ1v) is 7.40. The SMILES string of the molecule is CN(Cc1ccc(Cl)cc1)c1ccc(F)cc1CBr. The lowest BCUT2D eigenvalue weighted by Crippen LogP contribution is -2.17. The van der Waals surface area contributed by atoms with E-state index >= 15 is 0 Å². The number of halogens is 3. The molecule has 0 bridgehead atoms. The van der Waals surface area contributed by atoms with Gasteiger partial charge in [-0.05, 0) is 41.5 Å². The topological polar surface area (TPSA) is 3.24 Å². The van der Waals surface area contributed by atoms with E-state index in [9.17, 15) is 4.39 Å². The predicted octanol–water partition coefficient (Wildman–Crippen LogP) is 5.01. The Kier molecular flexibility index (Phi) is 4.83. The highest BCUT2D eigenvalue weighted by molar-refractivity contribution is 9.08. The van der Waals surface area contributed by atoms with Crippen LogP contribution in [0.1, 0.15) is 11.1 Å². The summed E-state index contributed by atoms with van der Waals surface area (Å²) in [5, 5.41) is 1.36. The Balaban J connectivity index is 2.19. The van der Waals surface area contributed by atoms with Crippen molar-refractivity contribution in [1.29, 1.82) is 0 Å². The molecular weight excluding hydrogens is 329 g/mol. The number of benzene rings is 2. The Bertz CT molecular complexity index is 557. The Morgan fingerprint density at radius 3 is 2.47 bits per heavy atom. The molecule has 0 aliphatic rings. The van der Waals surface area contributed by atoms with Crippen molar-refractivity contribution in [2.75, 3.05) is 11.9 Å². The minimum atomic E-state index is -0.210. The number of nitrogens with zero attached hydrogens (tertiary/aromatic N) is 1. The quantitative estimate of drug-likeness (QED) is 0.706. The third kappa shape index (κ3) is 3.71. The van der Waals surface area contributed by atoms with Gasteiger partial charge in [-0.15, -0.1) is 0 Å². The van der Waals surface area contributed by atoms with Crippen molar-refractivity contribution in [3.63, 3.8) is 0 Å². The Labute approximate surface area is 126 Å². The maximum Gasteiger partial charge on any atom is 0.123 e. The smallest absolute Gasteiger partial charge is 0.123 e. The molecule has 0 radical (unpaired) electrons. The summed E-state index contributed by atoms with van der Waals surface area (Å²) in [7, 11) is 1.99. The summed E-state index contributed by atoms with van der Waals surface area (Å²) in [4.78, 5) is 2.10. The molecule has 0 aliphatic carbocycles. The van der Waals surface area contributed by atoms with Crippen molar-refractivity contribution < 1.29 is 4.39 Å². The van der Waals surface area contributed by atoms with Gasteiger partial charge in [0.15, 0.2) is 0 Å². The van der Waals surface area contributed by atoms with Gasteiger partial charge in [0.2, 0.25) is 0 Å². The molecule has 2 aromatic carbocycles. The van der Waals surface area contributed by atoms with Crippen LogP contribution in [-0.2, 0) is 11.9 Å². The van der Waals surface area contributed by atoms with Gasteiger partial charge in [-0.25, -0.2) is 4.39 Å². The monoisotopic (exact) mass is 341 g/mol. The van der Waals surface area contributed by atoms with Crippen LogP contribution in [0.15, 0.2) is 42.5 Å². The number of alkyl halides is 1. The second-order valence-corrected chi connectivity index (χ2v) is 5.39. The van der Waals surface area contributed by atoms with Gasteiger partial charge in [-0.2, -0.15) is 0 Å². The summed E-state index contributed by atoms with van der Waals surface area (Å²) in [6, 6.07) is 12.6. The molecule has 4 heteroatoms. The van der Waals surface area contributed by atoms with E-state index in [0.29, 0.717) is 5.33 Å². The van der Waals surface area contributed by atoms with Crippen molar-refractivity contribution in [3.8, 4) is 0 Å². The first-order valence-electron chi connectivity index (χ1n) is 5.90. The highest BCUT2D eigenvalue weighted by Crippen LogP contribution is 2.24. The first-order chi connectivity index (χ1) is 9.10. The fraction of sp³-hybridized carbons (Fsp3) is 0.200. The number of anilines is 1. The van der Waals surface area contributed by atoms with E-state index < -0.39 is 0 Å². The van der Waals surface area contributed by atoms with E-state index in [1.54, 1.807) is 6.07 Å². The molecule has 0 saturated heterocycles. The van der Waals surface area contributed by atoms with Crippen LogP contribution >= 0.6 is 27.5 Å². The van der Waals surface area contributed by atoms with Crippen molar-refractivity contribution in [3.05, 3.63) is 64.4 Å². The summed E-state index contributed by atoms with van der Waals surface area (Å²) in [6.45, 7) is 0.753. The Morgan fingerprint density at radius 1 is 1.16 bits per heavy atom. The van der Waals surface area contributed by atoms with Crippen LogP contribution in [-0.4, -0.2) is 7.05 Å². The highest BCUT2D eigenvalue weighted by Gasteiger charge is 2.08. The molecule has 0 aromatic heterocycles. The van der Waals surface area contributed by atoms with E-state index in [1.807, 2.05) is 37.4 Å². The third-order valence-corrected chi connectivity index (χ3v) is 3.79. The van der Waals surface area contributed by atoms with Crippen molar-refractivity contribution in [2.45, 2.75) is 11.9 Å². The molecule has 0 spiro atoms. The molecule has 0 saturated carbocycles. The summed E-state index contributed by atoms with van der Waals surface area (Å²) in [6.07, 6.45) is 0. The zero-order chi connectivity index (χ0) is 13.8. The average molecular weight is 343 g/mol. The highest BCUT2D eigenvalue weighted by atomic mass is 79.9. The summed E-state index contributed by atoms with van der Waals surface area (Å²) in [5.74, 6) is -0.210. The molecule has 19 heavy (non-hydrogen) atoms. The molecule has 0 amide bonds. The number of hydrogen-bond acceptors (Lipinski definition) is 1. The van der Waals surface area contributed by atoms with Crippen LogP contribution in [0.3, 0.4) is 0 Å². The minimum Gasteiger partial charge on any atom is -0.370 e. The molecule has 0 heterocycles. The second kappa shape index (κ2) is 6.40. The Hall–Kier alpha value is -1.06. The molecule has 0 unspecified atom stereocenters. The van der Waals surface area contributed by atoms with E-state index in [-0.39, 0.29) is 5.82 Å². The number of rotatable bonds is 4. The molecule has 2 rings (SSSR count). The second-order valence-electron chi connectivity index (χ2n) is 4.39. The van der Waals surface area contributed by atoms with Crippen LogP contribution in [0.2, 0.25) is 5.02 Å². The molecular formula is C15H14BrClFN. The van der Waals surface area contributed by atoms with Crippen LogP contribution in [0, 0.1) is 5.82 Å². The fourth-order valence-electron chi connectivity index (χ4n) is 1.98. The molecule has 2 aromatic rings. The number of hydrogen-bond donors (Lipinski definition) is 0. The minimum absolute atomic E-state index is 0.210. The van der Waals surface area contributed by atoms with Gasteiger partial charge in [0.05, 0.1) is 0 Å². The van der Waals surface area contributed by atoms with Gasteiger partial charge in [0.25, 0.3) is 0 Å². The van der Waals surface area contributed by atoms with Gasteiger partial charge in [-0.3, -0.25) is 0 Å². The van der Waals surface area contributed by atoms with E-state index in [1.165, 1.54) is 6.07 Å². The normalized spacial score (nSPS) is 10.5. The molecule has 1 nitrogen and oxygen atoms in total. The van der Waals surface area contributed by atoms with Crippen molar-refractivity contribution >= 4 is 33.2 Å². The predicted molar refractivity (Wildman–Crippen MR) is 82.6 cm³/mol. The summed E-state index contributed by atoms with van der Waals surface area (Å²) >= 11 is 9.26. The standard InChI is InChI=1S/C15H14BrClFN/c1-19(10-11-2-4-13(17)5-3-11)15-7-6-14(18)8-12(15)9-16/h2-8H,9-10H2,1H3. The van der Waals surface area contributed by atoms with Crippen LogP contribution in [0.5, 0.6) is 0 Å². The fourth-order valence-corrected chi connectivity index (χ4v) is 2.56. The summed E-state index contributed by atoms with van der Waals surface area (Å²) in [5.41, 5.74) is 3.13. The van der Waals surface area contributed by atoms with Crippen molar-refractivity contribution in [1.82, 2.24) is 0 Å². The Morgan fingerprint density at radius 2 is 1.84 bits per heavy atom. The van der Waals surface area contributed by atoms with Gasteiger partial charge in [0, 0.05) is 29.6 Å². The zero-order valence-electron chi connectivity index (χ0n) is 10.5. The molecule has 0 aliphatic heterocycles. The molecule has 0 N–H and O–H groups in total. The lowest BCUT2D eigenvalue weighted by molar-refractivity contribution is 0.626. The van der Waals surface area contributed by atoms with Crippen molar-refractivity contribution in [2.24, 2.45) is 0 Å². The van der Waals surface area contributed by atoms with Crippen LogP contribution in [0.25, 0.3) is 0 Å². The van der Waals surface area contributed by atoms with Crippen LogP contribution < -0.4 is 4.90 Å². The van der Waals surface area contributed by atoms with Crippen LogP contribution in [0.4, 0.5) is 10.1 Å². The largest absolute Gasteiger partial charge is 0.370 e. The maximum absolute atomic E-state index is 13.2. The lowest BCUT2D eigenvalue weighted by Gasteiger charge is -2.22. The maximum atomic E-state index is 13.2. The molecule has 100 valence electrons. The van der Waals surface area contributed by atoms with Gasteiger partial charge in [-0.1, -0.05) is 39.7 Å². The average Bonchev–Trinajstić information content (AvgIpc) is 2.41. The van der Waals surface area contributed by atoms with Gasteiger partial charge in [0.1, 0.15) is 5.82 Å².